The number of amides is 2. The van der Waals surface area contributed by atoms with E-state index in [1.807, 2.05) is 18.2 Å². The minimum absolute atomic E-state index is 0.194. The summed E-state index contributed by atoms with van der Waals surface area (Å²) in [6.07, 6.45) is 0. The second-order valence-corrected chi connectivity index (χ2v) is 7.25. The molecule has 2 heterocycles. The van der Waals surface area contributed by atoms with E-state index >= 15 is 0 Å². The average Bonchev–Trinajstić information content (AvgIpc) is 3.27. The summed E-state index contributed by atoms with van der Waals surface area (Å²) in [4.78, 5) is 40.6. The van der Waals surface area contributed by atoms with Crippen molar-refractivity contribution in [1.82, 2.24) is 9.80 Å². The zero-order valence-corrected chi connectivity index (χ0v) is 17.1. The Morgan fingerprint density at radius 3 is 2.52 bits per heavy atom. The van der Waals surface area contributed by atoms with E-state index in [0.717, 1.165) is 23.6 Å². The molecule has 2 amide bonds. The molecular weight excluding hydrogens is 402 g/mol. The Labute approximate surface area is 179 Å². The van der Waals surface area contributed by atoms with Gasteiger partial charge in [0.15, 0.2) is 11.5 Å². The van der Waals surface area contributed by atoms with E-state index < -0.39 is 17.8 Å². The fourth-order valence-electron chi connectivity index (χ4n) is 3.61. The Hall–Kier alpha value is -3.59. The third-order valence-corrected chi connectivity index (χ3v) is 5.28. The Morgan fingerprint density at radius 2 is 1.74 bits per heavy atom. The van der Waals surface area contributed by atoms with Crippen LogP contribution in [-0.4, -0.2) is 67.7 Å². The van der Waals surface area contributed by atoms with Gasteiger partial charge in [0.1, 0.15) is 0 Å². The zero-order valence-electron chi connectivity index (χ0n) is 17.1. The van der Waals surface area contributed by atoms with Gasteiger partial charge in [0.2, 0.25) is 6.79 Å². The van der Waals surface area contributed by atoms with Crippen molar-refractivity contribution in [1.29, 1.82) is 0 Å². The number of carbonyl (C=O) groups excluding carboxylic acids is 3. The summed E-state index contributed by atoms with van der Waals surface area (Å²) in [6.45, 7) is 3.13. The predicted molar refractivity (Wildman–Crippen MR) is 111 cm³/mol. The van der Waals surface area contributed by atoms with E-state index in [-0.39, 0.29) is 18.0 Å². The van der Waals surface area contributed by atoms with Gasteiger partial charge in [-0.2, -0.15) is 0 Å². The number of ether oxygens (including phenoxy) is 3. The first-order chi connectivity index (χ1) is 15.0. The molecule has 9 heteroatoms. The van der Waals surface area contributed by atoms with Crippen molar-refractivity contribution in [2.24, 2.45) is 0 Å². The van der Waals surface area contributed by atoms with Crippen molar-refractivity contribution in [3.63, 3.8) is 0 Å². The second-order valence-electron chi connectivity index (χ2n) is 7.25. The Balaban J connectivity index is 1.31. The molecule has 0 aliphatic carbocycles. The van der Waals surface area contributed by atoms with Crippen molar-refractivity contribution in [3.8, 4) is 11.5 Å². The number of benzene rings is 2. The molecular formula is C22H23N3O6. The van der Waals surface area contributed by atoms with Crippen LogP contribution in [0.15, 0.2) is 42.5 Å². The van der Waals surface area contributed by atoms with E-state index in [2.05, 4.69) is 10.2 Å². The number of anilines is 1. The number of hydrogen-bond donors (Lipinski definition) is 1. The summed E-state index contributed by atoms with van der Waals surface area (Å²) < 4.78 is 15.5. The molecule has 2 aliphatic heterocycles. The average molecular weight is 425 g/mol. The van der Waals surface area contributed by atoms with Gasteiger partial charge in [-0.05, 0) is 29.8 Å². The van der Waals surface area contributed by atoms with Gasteiger partial charge in [-0.3, -0.25) is 14.5 Å². The van der Waals surface area contributed by atoms with Crippen LogP contribution in [0.2, 0.25) is 0 Å². The van der Waals surface area contributed by atoms with Gasteiger partial charge >= 0.3 is 17.8 Å². The van der Waals surface area contributed by atoms with E-state index in [0.29, 0.717) is 26.2 Å². The highest BCUT2D eigenvalue weighted by Crippen LogP contribution is 2.32. The van der Waals surface area contributed by atoms with E-state index in [1.54, 1.807) is 18.2 Å². The van der Waals surface area contributed by atoms with Crippen molar-refractivity contribution < 1.29 is 28.6 Å². The second kappa shape index (κ2) is 9.05. The van der Waals surface area contributed by atoms with Gasteiger partial charge in [0, 0.05) is 32.7 Å². The fourth-order valence-corrected chi connectivity index (χ4v) is 3.61. The summed E-state index contributed by atoms with van der Waals surface area (Å²) in [6, 6.07) is 12.3. The molecule has 0 aromatic heterocycles. The molecule has 1 N–H and O–H groups in total. The van der Waals surface area contributed by atoms with Crippen molar-refractivity contribution in [2.75, 3.05) is 45.4 Å². The number of carbonyl (C=O) groups is 3. The smallest absolute Gasteiger partial charge is 0.339 e. The van der Waals surface area contributed by atoms with Crippen molar-refractivity contribution >= 4 is 23.5 Å². The molecule has 0 unspecified atom stereocenters. The number of nitrogens with one attached hydrogen (secondary N) is 1. The molecule has 1 saturated heterocycles. The van der Waals surface area contributed by atoms with Gasteiger partial charge in [-0.1, -0.05) is 18.2 Å². The van der Waals surface area contributed by atoms with Crippen LogP contribution in [0.1, 0.15) is 15.9 Å². The van der Waals surface area contributed by atoms with Crippen LogP contribution in [0.25, 0.3) is 0 Å². The molecule has 4 rings (SSSR count). The highest BCUT2D eigenvalue weighted by atomic mass is 16.7. The van der Waals surface area contributed by atoms with Gasteiger partial charge in [-0.15, -0.1) is 0 Å². The maximum atomic E-state index is 12.6. The maximum absolute atomic E-state index is 12.6. The van der Waals surface area contributed by atoms with Gasteiger partial charge in [-0.25, -0.2) is 4.79 Å². The number of nitrogens with zero attached hydrogens (tertiary/aromatic N) is 2. The molecule has 2 aliphatic rings. The summed E-state index contributed by atoms with van der Waals surface area (Å²) >= 11 is 0. The number of fused-ring (bicyclic) bond motifs is 1. The summed E-state index contributed by atoms with van der Waals surface area (Å²) in [5.74, 6) is -0.488. The monoisotopic (exact) mass is 425 g/mol. The minimum atomic E-state index is -0.777. The van der Waals surface area contributed by atoms with Crippen LogP contribution in [-0.2, 0) is 20.9 Å². The SMILES string of the molecule is COC(=O)c1ccccc1NC(=O)C(=O)N1CCN(Cc2ccc3c(c2)OCO3)CC1. The molecule has 0 bridgehead atoms. The summed E-state index contributed by atoms with van der Waals surface area (Å²) in [5.41, 5.74) is 1.54. The van der Waals surface area contributed by atoms with E-state index in [1.165, 1.54) is 18.1 Å². The highest BCUT2D eigenvalue weighted by molar-refractivity contribution is 6.39. The normalized spacial score (nSPS) is 15.5. The van der Waals surface area contributed by atoms with Gasteiger partial charge in [0.05, 0.1) is 18.4 Å². The summed E-state index contributed by atoms with van der Waals surface area (Å²) in [7, 11) is 1.26. The lowest BCUT2D eigenvalue weighted by atomic mass is 10.1. The molecule has 0 radical (unpaired) electrons. The molecule has 31 heavy (non-hydrogen) atoms. The van der Waals surface area contributed by atoms with Crippen LogP contribution in [0, 0.1) is 0 Å². The maximum Gasteiger partial charge on any atom is 0.339 e. The minimum Gasteiger partial charge on any atom is -0.465 e. The lowest BCUT2D eigenvalue weighted by Crippen LogP contribution is -2.51. The molecule has 0 atom stereocenters. The largest absolute Gasteiger partial charge is 0.465 e. The Morgan fingerprint density at radius 1 is 1.00 bits per heavy atom. The molecule has 9 nitrogen and oxygen atoms in total. The predicted octanol–water partition coefficient (Wildman–Crippen LogP) is 1.48. The lowest BCUT2D eigenvalue weighted by molar-refractivity contribution is -0.144. The van der Waals surface area contributed by atoms with E-state index in [9.17, 15) is 14.4 Å². The molecule has 2 aromatic rings. The third-order valence-electron chi connectivity index (χ3n) is 5.28. The number of para-hydroxylation sites is 1. The lowest BCUT2D eigenvalue weighted by Gasteiger charge is -2.34. The quantitative estimate of drug-likeness (QED) is 0.585. The molecule has 0 spiro atoms. The number of rotatable bonds is 4. The number of piperazine rings is 1. The first-order valence-corrected chi connectivity index (χ1v) is 9.93. The van der Waals surface area contributed by atoms with Gasteiger partial charge in [0.25, 0.3) is 0 Å². The Bertz CT molecular complexity index is 1000. The van der Waals surface area contributed by atoms with E-state index in [4.69, 9.17) is 14.2 Å². The number of esters is 1. The van der Waals surface area contributed by atoms with Crippen LogP contribution in [0.4, 0.5) is 5.69 Å². The van der Waals surface area contributed by atoms with Gasteiger partial charge < -0.3 is 24.4 Å². The van der Waals surface area contributed by atoms with Crippen LogP contribution in [0.3, 0.4) is 0 Å². The fraction of sp³-hybridized carbons (Fsp3) is 0.318. The first kappa shape index (κ1) is 20.7. The van der Waals surface area contributed by atoms with Crippen molar-refractivity contribution in [2.45, 2.75) is 6.54 Å². The van der Waals surface area contributed by atoms with Crippen LogP contribution in [0.5, 0.6) is 11.5 Å². The van der Waals surface area contributed by atoms with Crippen LogP contribution >= 0.6 is 0 Å². The van der Waals surface area contributed by atoms with Crippen molar-refractivity contribution in [3.05, 3.63) is 53.6 Å². The standard InChI is InChI=1S/C22H23N3O6/c1-29-22(28)16-4-2-3-5-17(16)23-20(26)21(27)25-10-8-24(9-11-25)13-15-6-7-18-19(12-15)31-14-30-18/h2-7,12H,8-11,13-14H2,1H3,(H,23,26). The Kier molecular flexibility index (Phi) is 6.03. The van der Waals surface area contributed by atoms with Crippen LogP contribution < -0.4 is 14.8 Å². The topological polar surface area (TPSA) is 97.4 Å². The molecule has 2 aromatic carbocycles. The first-order valence-electron chi connectivity index (χ1n) is 9.93. The zero-order chi connectivity index (χ0) is 21.8. The highest BCUT2D eigenvalue weighted by Gasteiger charge is 2.27. The molecule has 1 fully saturated rings. The molecule has 0 saturated carbocycles. The summed E-state index contributed by atoms with van der Waals surface area (Å²) in [5, 5.41) is 2.53. The molecule has 162 valence electrons. The third kappa shape index (κ3) is 4.61. The number of hydrogen-bond acceptors (Lipinski definition) is 7. The number of methoxy groups -OCH3 is 1.